The first-order valence-electron chi connectivity index (χ1n) is 12.0. The van der Waals surface area contributed by atoms with Crippen molar-refractivity contribution in [3.05, 3.63) is 54.1 Å². The number of ether oxygens (including phenoxy) is 2. The van der Waals surface area contributed by atoms with E-state index in [1.54, 1.807) is 40.1 Å². The first kappa shape index (κ1) is 23.6. The summed E-state index contributed by atoms with van der Waals surface area (Å²) in [6, 6.07) is 13.5. The van der Waals surface area contributed by atoms with Gasteiger partial charge >= 0.3 is 0 Å². The number of carbonyl (C=O) groups is 2. The van der Waals surface area contributed by atoms with E-state index in [0.29, 0.717) is 56.3 Å². The first-order chi connectivity index (χ1) is 16.9. The Kier molecular flexibility index (Phi) is 6.66. The van der Waals surface area contributed by atoms with E-state index in [0.717, 1.165) is 19.3 Å². The van der Waals surface area contributed by atoms with Crippen molar-refractivity contribution in [1.82, 2.24) is 14.1 Å². The van der Waals surface area contributed by atoms with Gasteiger partial charge in [0.05, 0.1) is 4.90 Å². The van der Waals surface area contributed by atoms with E-state index < -0.39 is 16.1 Å². The molecule has 3 aliphatic rings. The van der Waals surface area contributed by atoms with Crippen LogP contribution in [0.3, 0.4) is 0 Å². The molecule has 5 rings (SSSR count). The van der Waals surface area contributed by atoms with Crippen LogP contribution in [-0.4, -0.2) is 86.3 Å². The smallest absolute Gasteiger partial charge is 0.267 e. The third-order valence-corrected chi connectivity index (χ3v) is 8.59. The van der Waals surface area contributed by atoms with Crippen molar-refractivity contribution in [2.45, 2.75) is 30.3 Å². The average Bonchev–Trinajstić information content (AvgIpc) is 2.92. The largest absolute Gasteiger partial charge is 0.485 e. The molecule has 2 aromatic rings. The topological polar surface area (TPSA) is 96.5 Å². The van der Waals surface area contributed by atoms with E-state index in [4.69, 9.17) is 9.47 Å². The molecule has 2 fully saturated rings. The molecular weight excluding hydrogens is 470 g/mol. The van der Waals surface area contributed by atoms with Gasteiger partial charge in [-0.25, -0.2) is 8.42 Å². The summed E-state index contributed by atoms with van der Waals surface area (Å²) < 4.78 is 39.0. The van der Waals surface area contributed by atoms with Gasteiger partial charge in [-0.05, 0) is 43.2 Å². The van der Waals surface area contributed by atoms with Gasteiger partial charge in [-0.1, -0.05) is 24.6 Å². The van der Waals surface area contributed by atoms with Crippen LogP contribution in [0.25, 0.3) is 0 Å². The van der Waals surface area contributed by atoms with Crippen LogP contribution in [0.1, 0.15) is 29.6 Å². The lowest BCUT2D eigenvalue weighted by molar-refractivity contribution is -0.142. The molecule has 3 heterocycles. The van der Waals surface area contributed by atoms with Crippen LogP contribution in [0.15, 0.2) is 53.4 Å². The lowest BCUT2D eigenvalue weighted by Gasteiger charge is -2.37. The van der Waals surface area contributed by atoms with Crippen molar-refractivity contribution in [2.75, 3.05) is 45.9 Å². The molecule has 2 amide bonds. The van der Waals surface area contributed by atoms with E-state index in [9.17, 15) is 18.0 Å². The molecule has 1 atom stereocenters. The van der Waals surface area contributed by atoms with Crippen molar-refractivity contribution in [3.8, 4) is 11.5 Å². The summed E-state index contributed by atoms with van der Waals surface area (Å²) in [7, 11) is -3.62. The summed E-state index contributed by atoms with van der Waals surface area (Å²) in [5, 5.41) is 0. The van der Waals surface area contributed by atoms with Gasteiger partial charge in [-0.2, -0.15) is 4.31 Å². The van der Waals surface area contributed by atoms with E-state index in [2.05, 4.69) is 0 Å². The SMILES string of the molecule is O=C(c1cccc(S(=O)(=O)N2CCCCC2)c1)N1CCN(C(=O)[C@@H]2COc3ccccc3O2)CC1. The molecule has 186 valence electrons. The van der Waals surface area contributed by atoms with E-state index in [-0.39, 0.29) is 23.3 Å². The quantitative estimate of drug-likeness (QED) is 0.638. The Balaban J connectivity index is 1.20. The van der Waals surface area contributed by atoms with Gasteiger partial charge in [0.2, 0.25) is 16.1 Å². The molecule has 2 saturated heterocycles. The maximum absolute atomic E-state index is 13.1. The van der Waals surface area contributed by atoms with Crippen LogP contribution in [0.2, 0.25) is 0 Å². The fraction of sp³-hybridized carbons (Fsp3) is 0.440. The normalized spacial score (nSPS) is 21.0. The minimum atomic E-state index is -3.62. The number of nitrogens with zero attached hydrogens (tertiary/aromatic N) is 3. The Morgan fingerprint density at radius 2 is 1.49 bits per heavy atom. The van der Waals surface area contributed by atoms with E-state index >= 15 is 0 Å². The third kappa shape index (κ3) is 4.85. The molecule has 0 unspecified atom stereocenters. The molecule has 10 heteroatoms. The van der Waals surface area contributed by atoms with Crippen molar-refractivity contribution in [3.63, 3.8) is 0 Å². The second kappa shape index (κ2) is 9.87. The summed E-state index contributed by atoms with van der Waals surface area (Å²) in [6.45, 7) is 2.63. The van der Waals surface area contributed by atoms with Crippen molar-refractivity contribution in [2.24, 2.45) is 0 Å². The predicted octanol–water partition coefficient (Wildman–Crippen LogP) is 1.99. The minimum absolute atomic E-state index is 0.146. The molecule has 0 aromatic heterocycles. The molecular formula is C25H29N3O6S. The standard InChI is InChI=1S/C25H29N3O6S/c29-24(19-7-6-8-20(17-19)35(31,32)28-11-4-1-5-12-28)26-13-15-27(16-14-26)25(30)23-18-33-21-9-2-3-10-22(21)34-23/h2-3,6-10,17,23H,1,4-5,11-16,18H2/t23-/m0/s1. The maximum atomic E-state index is 13.1. The lowest BCUT2D eigenvalue weighted by Crippen LogP contribution is -2.55. The molecule has 0 spiro atoms. The summed E-state index contributed by atoms with van der Waals surface area (Å²) in [5.41, 5.74) is 0.337. The van der Waals surface area contributed by atoms with Gasteiger partial charge in [0.25, 0.3) is 11.8 Å². The van der Waals surface area contributed by atoms with Crippen LogP contribution < -0.4 is 9.47 Å². The fourth-order valence-corrected chi connectivity index (χ4v) is 6.26. The number of para-hydroxylation sites is 2. The van der Waals surface area contributed by atoms with Crippen LogP contribution in [0.5, 0.6) is 11.5 Å². The number of fused-ring (bicyclic) bond motifs is 1. The fourth-order valence-electron chi connectivity index (χ4n) is 4.70. The second-order valence-electron chi connectivity index (χ2n) is 8.97. The second-order valence-corrected chi connectivity index (χ2v) is 10.9. The third-order valence-electron chi connectivity index (χ3n) is 6.70. The Morgan fingerprint density at radius 1 is 0.800 bits per heavy atom. The number of benzene rings is 2. The van der Waals surface area contributed by atoms with Gasteiger partial charge in [0, 0.05) is 44.8 Å². The average molecular weight is 500 g/mol. The zero-order chi connectivity index (χ0) is 24.4. The number of carbonyl (C=O) groups excluding carboxylic acids is 2. The number of piperidine rings is 1. The molecule has 2 aromatic carbocycles. The summed E-state index contributed by atoms with van der Waals surface area (Å²) in [4.78, 5) is 29.6. The maximum Gasteiger partial charge on any atom is 0.267 e. The van der Waals surface area contributed by atoms with Gasteiger partial charge < -0.3 is 19.3 Å². The number of hydrogen-bond donors (Lipinski definition) is 0. The number of rotatable bonds is 4. The monoisotopic (exact) mass is 499 g/mol. The molecule has 9 nitrogen and oxygen atoms in total. The summed E-state index contributed by atoms with van der Waals surface area (Å²) >= 11 is 0. The molecule has 0 N–H and O–H groups in total. The van der Waals surface area contributed by atoms with Crippen molar-refractivity contribution < 1.29 is 27.5 Å². The van der Waals surface area contributed by atoms with Gasteiger partial charge in [-0.15, -0.1) is 0 Å². The Hall–Kier alpha value is -3.11. The molecule has 35 heavy (non-hydrogen) atoms. The van der Waals surface area contributed by atoms with Crippen molar-refractivity contribution >= 4 is 21.8 Å². The van der Waals surface area contributed by atoms with Crippen LogP contribution in [0, 0.1) is 0 Å². The van der Waals surface area contributed by atoms with Crippen LogP contribution in [0.4, 0.5) is 0 Å². The highest BCUT2D eigenvalue weighted by atomic mass is 32.2. The highest BCUT2D eigenvalue weighted by Crippen LogP contribution is 2.31. The predicted molar refractivity (Wildman–Crippen MR) is 128 cm³/mol. The Bertz CT molecular complexity index is 1200. The van der Waals surface area contributed by atoms with Crippen LogP contribution >= 0.6 is 0 Å². The highest BCUT2D eigenvalue weighted by molar-refractivity contribution is 7.89. The van der Waals surface area contributed by atoms with E-state index in [1.807, 2.05) is 12.1 Å². The van der Waals surface area contributed by atoms with E-state index in [1.165, 1.54) is 10.4 Å². The zero-order valence-electron chi connectivity index (χ0n) is 19.5. The number of piperazine rings is 1. The van der Waals surface area contributed by atoms with Crippen molar-refractivity contribution in [1.29, 1.82) is 0 Å². The number of hydrogen-bond acceptors (Lipinski definition) is 6. The van der Waals surface area contributed by atoms with Gasteiger partial charge in [0.1, 0.15) is 6.61 Å². The highest BCUT2D eigenvalue weighted by Gasteiger charge is 2.34. The molecule has 0 saturated carbocycles. The lowest BCUT2D eigenvalue weighted by atomic mass is 10.1. The first-order valence-corrected chi connectivity index (χ1v) is 13.4. The number of sulfonamides is 1. The number of amides is 2. The summed E-state index contributed by atoms with van der Waals surface area (Å²) in [6.07, 6.45) is 2.02. The Labute approximate surface area is 205 Å². The van der Waals surface area contributed by atoms with Gasteiger partial charge in [0.15, 0.2) is 11.5 Å². The Morgan fingerprint density at radius 3 is 2.23 bits per heavy atom. The van der Waals surface area contributed by atoms with Gasteiger partial charge in [-0.3, -0.25) is 9.59 Å². The molecule has 0 aliphatic carbocycles. The molecule has 3 aliphatic heterocycles. The molecule has 0 radical (unpaired) electrons. The summed E-state index contributed by atoms with van der Waals surface area (Å²) in [5.74, 6) is 0.766. The zero-order valence-corrected chi connectivity index (χ0v) is 20.3. The van der Waals surface area contributed by atoms with Crippen LogP contribution in [-0.2, 0) is 14.8 Å². The minimum Gasteiger partial charge on any atom is -0.485 e. The molecule has 0 bridgehead atoms.